The maximum absolute atomic E-state index is 5.80. The minimum Gasteiger partial charge on any atom is -0.493 e. The lowest BCUT2D eigenvalue weighted by Crippen LogP contribution is -2.14. The van der Waals surface area contributed by atoms with Gasteiger partial charge in [-0.1, -0.05) is 32.9 Å². The highest BCUT2D eigenvalue weighted by atomic mass is 16.5. The van der Waals surface area contributed by atoms with Crippen molar-refractivity contribution in [3.8, 4) is 5.75 Å². The maximum Gasteiger partial charge on any atom is 0.123 e. The molecule has 0 saturated carbocycles. The quantitative estimate of drug-likeness (QED) is 0.793. The molecule has 2 nitrogen and oxygen atoms in total. The van der Waals surface area contributed by atoms with Gasteiger partial charge in [-0.15, -0.1) is 0 Å². The zero-order valence-corrected chi connectivity index (χ0v) is 10.8. The molecule has 90 valence electrons. The van der Waals surface area contributed by atoms with Crippen LogP contribution in [0.3, 0.4) is 0 Å². The molecule has 0 aliphatic rings. The van der Waals surface area contributed by atoms with Crippen molar-refractivity contribution in [2.45, 2.75) is 39.5 Å². The predicted molar refractivity (Wildman–Crippen MR) is 69.0 cm³/mol. The van der Waals surface area contributed by atoms with Crippen LogP contribution in [0.1, 0.15) is 38.3 Å². The Kier molecular flexibility index (Phi) is 4.36. The van der Waals surface area contributed by atoms with Crippen LogP contribution in [0.25, 0.3) is 0 Å². The molecule has 1 rings (SSSR count). The number of benzene rings is 1. The summed E-state index contributed by atoms with van der Waals surface area (Å²) in [4.78, 5) is 0. The summed E-state index contributed by atoms with van der Waals surface area (Å²) in [7, 11) is 0. The van der Waals surface area contributed by atoms with E-state index < -0.39 is 0 Å². The second kappa shape index (κ2) is 5.35. The van der Waals surface area contributed by atoms with Crippen LogP contribution in [0, 0.1) is 6.92 Å². The summed E-state index contributed by atoms with van der Waals surface area (Å²) in [6.07, 6.45) is 0.900. The Bertz CT molecular complexity index is 339. The van der Waals surface area contributed by atoms with Gasteiger partial charge in [-0.25, -0.2) is 0 Å². The molecule has 1 aromatic rings. The van der Waals surface area contributed by atoms with E-state index in [2.05, 4.69) is 45.9 Å². The van der Waals surface area contributed by atoms with Gasteiger partial charge in [-0.05, 0) is 42.5 Å². The first-order valence-corrected chi connectivity index (χ1v) is 5.89. The van der Waals surface area contributed by atoms with Crippen LogP contribution >= 0.6 is 0 Å². The minimum atomic E-state index is 0.117. The first kappa shape index (κ1) is 13.0. The van der Waals surface area contributed by atoms with E-state index in [0.29, 0.717) is 13.2 Å². The van der Waals surface area contributed by atoms with Crippen LogP contribution in [0.5, 0.6) is 5.75 Å². The molecule has 0 saturated heterocycles. The SMILES string of the molecule is Cc1ccc(C(C)(C)C)c(OCCCN)c1. The van der Waals surface area contributed by atoms with Gasteiger partial charge in [0.15, 0.2) is 0 Å². The molecule has 16 heavy (non-hydrogen) atoms. The third kappa shape index (κ3) is 3.53. The highest BCUT2D eigenvalue weighted by molar-refractivity contribution is 5.41. The van der Waals surface area contributed by atoms with Crippen LogP contribution in [0.15, 0.2) is 18.2 Å². The molecule has 0 fully saturated rings. The van der Waals surface area contributed by atoms with Gasteiger partial charge in [-0.3, -0.25) is 0 Å². The molecule has 1 aromatic carbocycles. The molecule has 0 radical (unpaired) electrons. The Hall–Kier alpha value is -1.02. The number of ether oxygens (including phenoxy) is 1. The fourth-order valence-corrected chi connectivity index (χ4v) is 1.63. The zero-order chi connectivity index (χ0) is 12.2. The number of hydrogen-bond acceptors (Lipinski definition) is 2. The topological polar surface area (TPSA) is 35.2 Å². The van der Waals surface area contributed by atoms with Gasteiger partial charge in [0.2, 0.25) is 0 Å². The lowest BCUT2D eigenvalue weighted by atomic mass is 9.86. The molecule has 0 bridgehead atoms. The van der Waals surface area contributed by atoms with Gasteiger partial charge in [0.05, 0.1) is 6.61 Å². The van der Waals surface area contributed by atoms with Gasteiger partial charge < -0.3 is 10.5 Å². The Balaban J connectivity index is 2.90. The molecule has 0 amide bonds. The average Bonchev–Trinajstić information content (AvgIpc) is 2.16. The number of rotatable bonds is 4. The van der Waals surface area contributed by atoms with Crippen molar-refractivity contribution in [3.05, 3.63) is 29.3 Å². The van der Waals surface area contributed by atoms with Crippen LogP contribution in [0.2, 0.25) is 0 Å². The predicted octanol–water partition coefficient (Wildman–Crippen LogP) is 3.02. The van der Waals surface area contributed by atoms with E-state index in [1.54, 1.807) is 0 Å². The second-order valence-electron chi connectivity index (χ2n) is 5.24. The third-order valence-corrected chi connectivity index (χ3v) is 2.55. The van der Waals surface area contributed by atoms with E-state index in [9.17, 15) is 0 Å². The summed E-state index contributed by atoms with van der Waals surface area (Å²) < 4.78 is 5.80. The van der Waals surface area contributed by atoms with E-state index in [1.165, 1.54) is 11.1 Å². The summed E-state index contributed by atoms with van der Waals surface area (Å²) in [6, 6.07) is 6.40. The molecule has 0 aliphatic carbocycles. The zero-order valence-electron chi connectivity index (χ0n) is 10.8. The summed E-state index contributed by atoms with van der Waals surface area (Å²) >= 11 is 0. The van der Waals surface area contributed by atoms with Crippen molar-refractivity contribution in [1.29, 1.82) is 0 Å². The number of hydrogen-bond donors (Lipinski definition) is 1. The monoisotopic (exact) mass is 221 g/mol. The van der Waals surface area contributed by atoms with Gasteiger partial charge in [0.1, 0.15) is 5.75 Å². The summed E-state index contributed by atoms with van der Waals surface area (Å²) in [5, 5.41) is 0. The normalized spacial score (nSPS) is 11.6. The average molecular weight is 221 g/mol. The van der Waals surface area contributed by atoms with Gasteiger partial charge >= 0.3 is 0 Å². The van der Waals surface area contributed by atoms with E-state index in [4.69, 9.17) is 10.5 Å². The van der Waals surface area contributed by atoms with Crippen molar-refractivity contribution in [3.63, 3.8) is 0 Å². The molecule has 2 heteroatoms. The molecule has 0 aliphatic heterocycles. The van der Waals surface area contributed by atoms with Crippen molar-refractivity contribution in [2.75, 3.05) is 13.2 Å². The Morgan fingerprint density at radius 3 is 2.50 bits per heavy atom. The molecule has 2 N–H and O–H groups in total. The highest BCUT2D eigenvalue weighted by Gasteiger charge is 2.18. The number of aryl methyl sites for hydroxylation is 1. The van der Waals surface area contributed by atoms with Crippen molar-refractivity contribution in [2.24, 2.45) is 5.73 Å². The molecule has 0 atom stereocenters. The van der Waals surface area contributed by atoms with Gasteiger partial charge in [0, 0.05) is 0 Å². The van der Waals surface area contributed by atoms with E-state index >= 15 is 0 Å². The van der Waals surface area contributed by atoms with Crippen molar-refractivity contribution in [1.82, 2.24) is 0 Å². The first-order valence-electron chi connectivity index (χ1n) is 5.89. The Morgan fingerprint density at radius 2 is 1.94 bits per heavy atom. The molecule has 0 heterocycles. The van der Waals surface area contributed by atoms with Crippen LogP contribution in [0.4, 0.5) is 0 Å². The first-order chi connectivity index (χ1) is 7.45. The van der Waals surface area contributed by atoms with Crippen molar-refractivity contribution >= 4 is 0 Å². The molecular weight excluding hydrogens is 198 g/mol. The van der Waals surface area contributed by atoms with Crippen molar-refractivity contribution < 1.29 is 4.74 Å². The Morgan fingerprint density at radius 1 is 1.25 bits per heavy atom. The standard InChI is InChI=1S/C14H23NO/c1-11-6-7-12(14(2,3)4)13(10-11)16-9-5-8-15/h6-7,10H,5,8-9,15H2,1-4H3. The van der Waals surface area contributed by atoms with Gasteiger partial charge in [-0.2, -0.15) is 0 Å². The fraction of sp³-hybridized carbons (Fsp3) is 0.571. The smallest absolute Gasteiger partial charge is 0.123 e. The Labute approximate surface area is 98.8 Å². The van der Waals surface area contributed by atoms with Crippen LogP contribution in [-0.4, -0.2) is 13.2 Å². The lowest BCUT2D eigenvalue weighted by Gasteiger charge is -2.23. The highest BCUT2D eigenvalue weighted by Crippen LogP contribution is 2.32. The third-order valence-electron chi connectivity index (χ3n) is 2.55. The summed E-state index contributed by atoms with van der Waals surface area (Å²) in [6.45, 7) is 10.1. The van der Waals surface area contributed by atoms with E-state index in [0.717, 1.165) is 12.2 Å². The largest absolute Gasteiger partial charge is 0.493 e. The second-order valence-corrected chi connectivity index (χ2v) is 5.24. The van der Waals surface area contributed by atoms with E-state index in [-0.39, 0.29) is 5.41 Å². The molecule has 0 unspecified atom stereocenters. The fourth-order valence-electron chi connectivity index (χ4n) is 1.63. The maximum atomic E-state index is 5.80. The number of nitrogens with two attached hydrogens (primary N) is 1. The molecule has 0 aromatic heterocycles. The van der Waals surface area contributed by atoms with Gasteiger partial charge in [0.25, 0.3) is 0 Å². The molecular formula is C14H23NO. The van der Waals surface area contributed by atoms with Crippen LogP contribution in [-0.2, 0) is 5.41 Å². The van der Waals surface area contributed by atoms with Crippen LogP contribution < -0.4 is 10.5 Å². The van der Waals surface area contributed by atoms with E-state index in [1.807, 2.05) is 0 Å². The summed E-state index contributed by atoms with van der Waals surface area (Å²) in [5.41, 5.74) is 8.07. The molecule has 0 spiro atoms. The lowest BCUT2D eigenvalue weighted by molar-refractivity contribution is 0.305. The minimum absolute atomic E-state index is 0.117. The summed E-state index contributed by atoms with van der Waals surface area (Å²) in [5.74, 6) is 1.00.